The van der Waals surface area contributed by atoms with E-state index in [-0.39, 0.29) is 35.3 Å². The maximum Gasteiger partial charge on any atom is 0.329 e. The van der Waals surface area contributed by atoms with Crippen molar-refractivity contribution in [2.45, 2.75) is 18.9 Å². The standard InChI is InChI=1S/C13H13FN2O4S/c14-9-2-1-3-10-11(9)12(17)16(13(18)15-10)8-4-6-21(19,20)7-5-8/h1-3,8H,4-7H2,(H,15,18). The number of hydrogen-bond acceptors (Lipinski definition) is 4. The Labute approximate surface area is 119 Å². The van der Waals surface area contributed by atoms with E-state index in [0.717, 1.165) is 10.6 Å². The molecule has 1 aliphatic heterocycles. The summed E-state index contributed by atoms with van der Waals surface area (Å²) in [6.07, 6.45) is 0.372. The number of rotatable bonds is 1. The zero-order valence-electron chi connectivity index (χ0n) is 11.0. The van der Waals surface area contributed by atoms with Crippen molar-refractivity contribution >= 4 is 20.7 Å². The lowest BCUT2D eigenvalue weighted by Gasteiger charge is -2.23. The normalized spacial score (nSPS) is 18.9. The Morgan fingerprint density at radius 3 is 2.52 bits per heavy atom. The molecule has 6 nitrogen and oxygen atoms in total. The van der Waals surface area contributed by atoms with Crippen LogP contribution in [0.2, 0.25) is 0 Å². The van der Waals surface area contributed by atoms with E-state index in [2.05, 4.69) is 4.98 Å². The molecule has 1 aromatic heterocycles. The zero-order chi connectivity index (χ0) is 15.2. The number of nitrogens with zero attached hydrogens (tertiary/aromatic N) is 1. The number of halogens is 1. The molecule has 2 aromatic rings. The van der Waals surface area contributed by atoms with Crippen LogP contribution in [0.4, 0.5) is 4.39 Å². The second-order valence-electron chi connectivity index (χ2n) is 5.15. The Kier molecular flexibility index (Phi) is 3.20. The monoisotopic (exact) mass is 312 g/mol. The van der Waals surface area contributed by atoms with E-state index in [1.165, 1.54) is 12.1 Å². The van der Waals surface area contributed by atoms with Crippen LogP contribution in [-0.2, 0) is 9.84 Å². The number of H-pyrrole nitrogens is 1. The minimum atomic E-state index is -3.10. The van der Waals surface area contributed by atoms with E-state index in [0.29, 0.717) is 0 Å². The molecule has 21 heavy (non-hydrogen) atoms. The van der Waals surface area contributed by atoms with Gasteiger partial charge in [-0.1, -0.05) is 6.07 Å². The van der Waals surface area contributed by atoms with Crippen LogP contribution in [0.1, 0.15) is 18.9 Å². The van der Waals surface area contributed by atoms with Gasteiger partial charge in [0.1, 0.15) is 15.7 Å². The Balaban J connectivity index is 2.18. The Morgan fingerprint density at radius 1 is 1.19 bits per heavy atom. The molecule has 8 heteroatoms. The van der Waals surface area contributed by atoms with Crippen molar-refractivity contribution in [1.29, 1.82) is 0 Å². The fraction of sp³-hybridized carbons (Fsp3) is 0.385. The van der Waals surface area contributed by atoms with Crippen LogP contribution >= 0.6 is 0 Å². The summed E-state index contributed by atoms with van der Waals surface area (Å²) in [7, 11) is -3.10. The quantitative estimate of drug-likeness (QED) is 0.834. The highest BCUT2D eigenvalue weighted by atomic mass is 32.2. The maximum atomic E-state index is 13.8. The second-order valence-corrected chi connectivity index (χ2v) is 7.45. The highest BCUT2D eigenvalue weighted by Gasteiger charge is 2.27. The minimum absolute atomic E-state index is 0.0706. The van der Waals surface area contributed by atoms with E-state index < -0.39 is 32.9 Å². The van der Waals surface area contributed by atoms with E-state index in [1.807, 2.05) is 0 Å². The highest BCUT2D eigenvalue weighted by molar-refractivity contribution is 7.91. The van der Waals surface area contributed by atoms with Gasteiger partial charge in [0.25, 0.3) is 5.56 Å². The van der Waals surface area contributed by atoms with Gasteiger partial charge in [-0.3, -0.25) is 9.36 Å². The van der Waals surface area contributed by atoms with Gasteiger partial charge in [0.15, 0.2) is 0 Å². The summed E-state index contributed by atoms with van der Waals surface area (Å²) < 4.78 is 37.6. The first kappa shape index (κ1) is 14.0. The third-order valence-electron chi connectivity index (χ3n) is 3.80. The predicted octanol–water partition coefficient (Wildman–Crippen LogP) is 0.579. The highest BCUT2D eigenvalue weighted by Crippen LogP contribution is 2.22. The lowest BCUT2D eigenvalue weighted by molar-refractivity contribution is 0.425. The van der Waals surface area contributed by atoms with Crippen molar-refractivity contribution < 1.29 is 12.8 Å². The van der Waals surface area contributed by atoms with E-state index in [9.17, 15) is 22.4 Å². The molecule has 1 aromatic carbocycles. The summed E-state index contributed by atoms with van der Waals surface area (Å²) in [6, 6.07) is 3.49. The smallest absolute Gasteiger partial charge is 0.307 e. The molecule has 0 aliphatic carbocycles. The van der Waals surface area contributed by atoms with Gasteiger partial charge in [0.2, 0.25) is 0 Å². The van der Waals surface area contributed by atoms with Crippen molar-refractivity contribution in [1.82, 2.24) is 9.55 Å². The van der Waals surface area contributed by atoms with Crippen LogP contribution in [0.25, 0.3) is 10.9 Å². The van der Waals surface area contributed by atoms with Gasteiger partial charge < -0.3 is 4.98 Å². The molecule has 1 fully saturated rings. The molecule has 112 valence electrons. The van der Waals surface area contributed by atoms with Gasteiger partial charge in [0, 0.05) is 6.04 Å². The number of aromatic nitrogens is 2. The third kappa shape index (κ3) is 2.39. The van der Waals surface area contributed by atoms with Crippen LogP contribution in [0.5, 0.6) is 0 Å². The first-order chi connectivity index (χ1) is 9.89. The van der Waals surface area contributed by atoms with E-state index in [1.54, 1.807) is 0 Å². The summed E-state index contributed by atoms with van der Waals surface area (Å²) in [4.78, 5) is 26.9. The van der Waals surface area contributed by atoms with Crippen molar-refractivity contribution in [3.05, 3.63) is 44.9 Å². The average Bonchev–Trinajstić information content (AvgIpc) is 2.40. The molecule has 1 aliphatic rings. The Morgan fingerprint density at radius 2 is 1.86 bits per heavy atom. The van der Waals surface area contributed by atoms with Crippen LogP contribution in [-0.4, -0.2) is 29.5 Å². The number of benzene rings is 1. The summed E-state index contributed by atoms with van der Waals surface area (Å²) in [5, 5.41) is -0.175. The van der Waals surface area contributed by atoms with Gasteiger partial charge in [-0.05, 0) is 25.0 Å². The topological polar surface area (TPSA) is 89.0 Å². The van der Waals surface area contributed by atoms with Crippen molar-refractivity contribution in [3.63, 3.8) is 0 Å². The second kappa shape index (κ2) is 4.80. The van der Waals surface area contributed by atoms with Crippen molar-refractivity contribution in [2.75, 3.05) is 11.5 Å². The molecule has 3 rings (SSSR count). The maximum absolute atomic E-state index is 13.8. The molecule has 1 saturated heterocycles. The molecular formula is C13H13FN2O4S. The summed E-state index contributed by atoms with van der Waals surface area (Å²) >= 11 is 0. The SMILES string of the molecule is O=c1[nH]c2cccc(F)c2c(=O)n1C1CCS(=O)(=O)CC1. The molecule has 0 spiro atoms. The lowest BCUT2D eigenvalue weighted by Crippen LogP contribution is -2.41. The number of fused-ring (bicyclic) bond motifs is 1. The Bertz CT molecular complexity index is 915. The Hall–Kier alpha value is -1.96. The number of hydrogen-bond donors (Lipinski definition) is 1. The third-order valence-corrected chi connectivity index (χ3v) is 5.51. The molecule has 0 atom stereocenters. The van der Waals surface area contributed by atoms with Gasteiger partial charge in [0.05, 0.1) is 22.4 Å². The van der Waals surface area contributed by atoms with Crippen molar-refractivity contribution in [2.24, 2.45) is 0 Å². The van der Waals surface area contributed by atoms with Gasteiger partial charge in [-0.25, -0.2) is 17.6 Å². The molecule has 0 unspecified atom stereocenters. The fourth-order valence-corrected chi connectivity index (χ4v) is 4.17. The zero-order valence-corrected chi connectivity index (χ0v) is 11.8. The van der Waals surface area contributed by atoms with Gasteiger partial charge in [-0.2, -0.15) is 0 Å². The van der Waals surface area contributed by atoms with Crippen molar-refractivity contribution in [3.8, 4) is 0 Å². The summed E-state index contributed by atoms with van der Waals surface area (Å²) in [5.41, 5.74) is -1.21. The van der Waals surface area contributed by atoms with E-state index >= 15 is 0 Å². The molecule has 0 bridgehead atoms. The minimum Gasteiger partial charge on any atom is -0.307 e. The number of nitrogens with one attached hydrogen (secondary N) is 1. The number of aromatic amines is 1. The number of sulfone groups is 1. The summed E-state index contributed by atoms with van der Waals surface area (Å²) in [6.45, 7) is 0. The van der Waals surface area contributed by atoms with Gasteiger partial charge >= 0.3 is 5.69 Å². The lowest BCUT2D eigenvalue weighted by atomic mass is 10.1. The molecular weight excluding hydrogens is 299 g/mol. The average molecular weight is 312 g/mol. The molecule has 0 saturated carbocycles. The van der Waals surface area contributed by atoms with Crippen LogP contribution < -0.4 is 11.2 Å². The predicted molar refractivity (Wildman–Crippen MR) is 75.7 cm³/mol. The van der Waals surface area contributed by atoms with Crippen LogP contribution in [0.3, 0.4) is 0 Å². The van der Waals surface area contributed by atoms with Crippen LogP contribution in [0.15, 0.2) is 27.8 Å². The molecule has 2 heterocycles. The molecule has 1 N–H and O–H groups in total. The molecule has 0 amide bonds. The van der Waals surface area contributed by atoms with E-state index in [4.69, 9.17) is 0 Å². The van der Waals surface area contributed by atoms with Gasteiger partial charge in [-0.15, -0.1) is 0 Å². The first-order valence-corrected chi connectivity index (χ1v) is 8.35. The first-order valence-electron chi connectivity index (χ1n) is 6.52. The van der Waals surface area contributed by atoms with Crippen LogP contribution in [0, 0.1) is 5.82 Å². The molecule has 0 radical (unpaired) electrons. The fourth-order valence-electron chi connectivity index (χ4n) is 2.70. The summed E-state index contributed by atoms with van der Waals surface area (Å²) in [5.74, 6) is -0.844. The largest absolute Gasteiger partial charge is 0.329 e.